The predicted molar refractivity (Wildman–Crippen MR) is 76.9 cm³/mol. The van der Waals surface area contributed by atoms with Crippen molar-refractivity contribution in [1.82, 2.24) is 4.81 Å². The van der Waals surface area contributed by atoms with Crippen LogP contribution in [0.15, 0.2) is 24.3 Å². The van der Waals surface area contributed by atoms with E-state index in [1.165, 1.54) is 11.3 Å². The summed E-state index contributed by atoms with van der Waals surface area (Å²) in [5.74, 6) is 1.15. The molecule has 1 N–H and O–H groups in total. The van der Waals surface area contributed by atoms with Gasteiger partial charge in [0.05, 0.1) is 0 Å². The fourth-order valence-corrected chi connectivity index (χ4v) is 3.53. The number of anilines is 1. The second-order valence-electron chi connectivity index (χ2n) is 6.51. The van der Waals surface area contributed by atoms with Gasteiger partial charge in [-0.25, -0.2) is 0 Å². The van der Waals surface area contributed by atoms with Gasteiger partial charge in [-0.3, -0.25) is 0 Å². The highest BCUT2D eigenvalue weighted by Gasteiger charge is 2.43. The van der Waals surface area contributed by atoms with Crippen LogP contribution in [-0.2, 0) is 0 Å². The maximum atomic E-state index is 6.23. The first kappa shape index (κ1) is 12.1. The molecule has 2 aliphatic rings. The summed E-state index contributed by atoms with van der Waals surface area (Å²) in [5.41, 5.74) is 2.85. The number of rotatable bonds is 0. The van der Waals surface area contributed by atoms with Gasteiger partial charge in [-0.05, 0) is 44.4 Å². The van der Waals surface area contributed by atoms with Crippen LogP contribution in [0.4, 0.5) is 5.69 Å². The van der Waals surface area contributed by atoms with Crippen molar-refractivity contribution in [1.29, 1.82) is 0 Å². The number of para-hydroxylation sites is 1. The van der Waals surface area contributed by atoms with Gasteiger partial charge < -0.3 is 10.1 Å². The highest BCUT2D eigenvalue weighted by molar-refractivity contribution is 6.05. The summed E-state index contributed by atoms with van der Waals surface area (Å²) < 4.78 is 0. The number of nitrogens with one attached hydrogen (secondary N) is 1. The van der Waals surface area contributed by atoms with Gasteiger partial charge in [-0.2, -0.15) is 0 Å². The molecule has 18 heavy (non-hydrogen) atoms. The van der Waals surface area contributed by atoms with Crippen molar-refractivity contribution < 1.29 is 0 Å². The van der Waals surface area contributed by atoms with E-state index in [0.717, 1.165) is 13.0 Å². The van der Waals surface area contributed by atoms with Gasteiger partial charge in [0.15, 0.2) is 7.98 Å². The summed E-state index contributed by atoms with van der Waals surface area (Å²) >= 11 is 0. The van der Waals surface area contributed by atoms with Gasteiger partial charge in [-0.15, -0.1) is 0 Å². The summed E-state index contributed by atoms with van der Waals surface area (Å²) in [5, 5.41) is 3.70. The van der Waals surface area contributed by atoms with Crippen molar-refractivity contribution >= 4 is 13.7 Å². The Labute approximate surface area is 111 Å². The van der Waals surface area contributed by atoms with E-state index in [9.17, 15) is 0 Å². The van der Waals surface area contributed by atoms with E-state index in [4.69, 9.17) is 7.98 Å². The topological polar surface area (TPSA) is 15.3 Å². The summed E-state index contributed by atoms with van der Waals surface area (Å²) in [6.45, 7) is 7.76. The van der Waals surface area contributed by atoms with Gasteiger partial charge >= 0.3 is 0 Å². The normalized spacial score (nSPS) is 34.3. The Morgan fingerprint density at radius 2 is 2.06 bits per heavy atom. The molecular weight excluding hydrogens is 219 g/mol. The van der Waals surface area contributed by atoms with Crippen LogP contribution in [0.5, 0.6) is 0 Å². The standard InChI is InChI=1S/C15H21BN2/c1-10-9-18(16)15(2,3)8-12-11-6-4-5-7-13(11)17-14(10)12/h4-7,10,12,14,17H,8-9H2,1-3H3/t10?,12-,14-/m0/s1. The zero-order valence-corrected chi connectivity index (χ0v) is 11.5. The molecule has 3 rings (SSSR count). The highest BCUT2D eigenvalue weighted by atomic mass is 15.1. The van der Waals surface area contributed by atoms with Crippen molar-refractivity contribution in [3.8, 4) is 0 Å². The van der Waals surface area contributed by atoms with Crippen LogP contribution < -0.4 is 5.32 Å². The average Bonchev–Trinajstić information content (AvgIpc) is 2.64. The Bertz CT molecular complexity index is 458. The lowest BCUT2D eigenvalue weighted by Gasteiger charge is -2.36. The molecule has 1 aromatic carbocycles. The minimum absolute atomic E-state index is 0.0623. The van der Waals surface area contributed by atoms with Crippen LogP contribution in [0.25, 0.3) is 0 Å². The second kappa shape index (κ2) is 4.02. The molecule has 0 aromatic heterocycles. The Kier molecular flexibility index (Phi) is 2.70. The molecule has 1 aromatic rings. The number of nitrogens with zero attached hydrogens (tertiary/aromatic N) is 1. The van der Waals surface area contributed by atoms with Crippen molar-refractivity contribution in [2.24, 2.45) is 5.92 Å². The number of benzene rings is 1. The Morgan fingerprint density at radius 1 is 1.33 bits per heavy atom. The van der Waals surface area contributed by atoms with Crippen LogP contribution in [0.3, 0.4) is 0 Å². The van der Waals surface area contributed by atoms with Crippen LogP contribution in [0.1, 0.15) is 38.7 Å². The minimum Gasteiger partial charge on any atom is -0.381 e. The molecular formula is C15H21BN2. The monoisotopic (exact) mass is 240 g/mol. The van der Waals surface area contributed by atoms with Gasteiger partial charge in [0.25, 0.3) is 0 Å². The third-order valence-corrected chi connectivity index (χ3v) is 4.71. The molecule has 94 valence electrons. The smallest absolute Gasteiger partial charge is 0.183 e. The van der Waals surface area contributed by atoms with Crippen LogP contribution in [0.2, 0.25) is 0 Å². The lowest BCUT2D eigenvalue weighted by atomic mass is 9.81. The maximum absolute atomic E-state index is 6.23. The average molecular weight is 240 g/mol. The van der Waals surface area contributed by atoms with Crippen molar-refractivity contribution in [2.45, 2.75) is 44.7 Å². The third-order valence-electron chi connectivity index (χ3n) is 4.71. The first-order valence-electron chi connectivity index (χ1n) is 6.87. The number of fused-ring (bicyclic) bond motifs is 3. The van der Waals surface area contributed by atoms with E-state index in [2.05, 4.69) is 50.4 Å². The fraction of sp³-hybridized carbons (Fsp3) is 0.600. The minimum atomic E-state index is 0.0623. The van der Waals surface area contributed by atoms with E-state index in [-0.39, 0.29) is 5.54 Å². The number of hydrogen-bond donors (Lipinski definition) is 1. The van der Waals surface area contributed by atoms with Crippen LogP contribution in [-0.4, -0.2) is 30.9 Å². The SMILES string of the molecule is [B]N1CC(C)[C@@H]2Nc3ccccc3[C@@H]2CC1(C)C. The summed E-state index contributed by atoms with van der Waals surface area (Å²) in [6.07, 6.45) is 1.11. The lowest BCUT2D eigenvalue weighted by molar-refractivity contribution is 0.221. The molecule has 1 fully saturated rings. The van der Waals surface area contributed by atoms with Gasteiger partial charge in [0.1, 0.15) is 0 Å². The first-order chi connectivity index (χ1) is 8.49. The molecule has 2 aliphatic heterocycles. The Hall–Kier alpha value is -0.955. The van der Waals surface area contributed by atoms with Crippen LogP contribution in [0, 0.1) is 5.92 Å². The maximum Gasteiger partial charge on any atom is 0.183 e. The Balaban J connectivity index is 2.01. The van der Waals surface area contributed by atoms with Crippen molar-refractivity contribution in [2.75, 3.05) is 11.9 Å². The zero-order valence-electron chi connectivity index (χ0n) is 11.5. The summed E-state index contributed by atoms with van der Waals surface area (Å²) in [7, 11) is 6.23. The van der Waals surface area contributed by atoms with Gasteiger partial charge in [0, 0.05) is 23.2 Å². The van der Waals surface area contributed by atoms with Crippen LogP contribution >= 0.6 is 0 Å². The lowest BCUT2D eigenvalue weighted by Crippen LogP contribution is -2.43. The number of hydrogen-bond acceptors (Lipinski definition) is 2. The van der Waals surface area contributed by atoms with E-state index in [1.54, 1.807) is 0 Å². The largest absolute Gasteiger partial charge is 0.381 e. The van der Waals surface area contributed by atoms with Gasteiger partial charge in [0.2, 0.25) is 0 Å². The zero-order chi connectivity index (χ0) is 12.9. The fourth-order valence-electron chi connectivity index (χ4n) is 3.53. The van der Waals surface area contributed by atoms with E-state index < -0.39 is 0 Å². The first-order valence-corrected chi connectivity index (χ1v) is 6.87. The molecule has 0 saturated carbocycles. The van der Waals surface area contributed by atoms with Crippen molar-refractivity contribution in [3.05, 3.63) is 29.8 Å². The molecule has 0 aliphatic carbocycles. The van der Waals surface area contributed by atoms with Crippen molar-refractivity contribution in [3.63, 3.8) is 0 Å². The van der Waals surface area contributed by atoms with E-state index in [1.807, 2.05) is 4.81 Å². The molecule has 1 saturated heterocycles. The molecule has 2 heterocycles. The second-order valence-corrected chi connectivity index (χ2v) is 6.51. The third kappa shape index (κ3) is 1.76. The molecule has 0 amide bonds. The molecule has 3 atom stereocenters. The van der Waals surface area contributed by atoms with E-state index in [0.29, 0.717) is 17.9 Å². The molecule has 1 unspecified atom stereocenters. The molecule has 0 spiro atoms. The molecule has 2 nitrogen and oxygen atoms in total. The van der Waals surface area contributed by atoms with Gasteiger partial charge in [-0.1, -0.05) is 25.1 Å². The Morgan fingerprint density at radius 3 is 2.83 bits per heavy atom. The predicted octanol–water partition coefficient (Wildman–Crippen LogP) is 2.77. The van der Waals surface area contributed by atoms with E-state index >= 15 is 0 Å². The summed E-state index contributed by atoms with van der Waals surface area (Å²) in [6, 6.07) is 9.25. The molecule has 3 heteroatoms. The molecule has 0 bridgehead atoms. The summed E-state index contributed by atoms with van der Waals surface area (Å²) in [4.78, 5) is 2.03. The quantitative estimate of drug-likeness (QED) is 0.701. The highest BCUT2D eigenvalue weighted by Crippen LogP contribution is 2.45. The molecule has 2 radical (unpaired) electrons.